The van der Waals surface area contributed by atoms with Crippen LogP contribution in [-0.4, -0.2) is 0 Å². The fraction of sp³-hybridized carbons (Fsp3) is 0. The van der Waals surface area contributed by atoms with Crippen molar-refractivity contribution in [3.63, 3.8) is 0 Å². The van der Waals surface area contributed by atoms with Gasteiger partial charge < -0.3 is 9.80 Å². The van der Waals surface area contributed by atoms with Crippen molar-refractivity contribution in [2.75, 3.05) is 9.80 Å². The topological polar surface area (TPSA) is 6.48 Å². The molecule has 0 saturated carbocycles. The third-order valence-corrected chi connectivity index (χ3v) is 9.36. The summed E-state index contributed by atoms with van der Waals surface area (Å²) < 4.78 is 0. The summed E-state index contributed by atoms with van der Waals surface area (Å²) in [6, 6.07) is 69.9. The summed E-state index contributed by atoms with van der Waals surface area (Å²) >= 11 is 0. The molecule has 9 aromatic carbocycles. The maximum atomic E-state index is 2.40. The summed E-state index contributed by atoms with van der Waals surface area (Å²) in [6.45, 7) is 0. The van der Waals surface area contributed by atoms with Gasteiger partial charge in [-0.2, -0.15) is 0 Å². The zero-order chi connectivity index (χ0) is 31.9. The van der Waals surface area contributed by atoms with Crippen molar-refractivity contribution in [3.8, 4) is 11.1 Å². The first-order chi connectivity index (χ1) is 23.8. The monoisotopic (exact) mass is 612 g/mol. The van der Waals surface area contributed by atoms with Crippen molar-refractivity contribution in [2.24, 2.45) is 0 Å². The molecule has 0 bridgehead atoms. The Labute approximate surface area is 280 Å². The molecule has 48 heavy (non-hydrogen) atoms. The van der Waals surface area contributed by atoms with Crippen LogP contribution < -0.4 is 9.80 Å². The molecule has 0 N–H and O–H groups in total. The molecule has 0 aliphatic carbocycles. The van der Waals surface area contributed by atoms with Gasteiger partial charge in [0.15, 0.2) is 0 Å². The van der Waals surface area contributed by atoms with Crippen molar-refractivity contribution in [2.45, 2.75) is 0 Å². The Balaban J connectivity index is 1.45. The molecule has 0 aromatic heterocycles. The van der Waals surface area contributed by atoms with E-state index >= 15 is 0 Å². The fourth-order valence-corrected chi connectivity index (χ4v) is 7.26. The van der Waals surface area contributed by atoms with E-state index < -0.39 is 0 Å². The first-order valence-electron chi connectivity index (χ1n) is 16.5. The molecule has 0 aliphatic rings. The lowest BCUT2D eigenvalue weighted by atomic mass is 9.88. The van der Waals surface area contributed by atoms with Gasteiger partial charge in [-0.3, -0.25) is 0 Å². The van der Waals surface area contributed by atoms with Crippen molar-refractivity contribution < 1.29 is 0 Å². The molecule has 0 atom stereocenters. The predicted octanol–water partition coefficient (Wildman–Crippen LogP) is 13.2. The van der Waals surface area contributed by atoms with Crippen LogP contribution in [0.2, 0.25) is 0 Å². The molecule has 0 aliphatic heterocycles. The molecule has 0 saturated heterocycles. The van der Waals surface area contributed by atoms with Gasteiger partial charge in [0.05, 0.1) is 11.4 Å². The predicted molar refractivity (Wildman–Crippen MR) is 205 cm³/mol. The molecule has 2 heteroatoms. The van der Waals surface area contributed by atoms with Crippen LogP contribution in [-0.2, 0) is 0 Å². The minimum Gasteiger partial charge on any atom is -0.310 e. The van der Waals surface area contributed by atoms with Crippen LogP contribution in [0.4, 0.5) is 34.1 Å². The van der Waals surface area contributed by atoms with Gasteiger partial charge in [-0.25, -0.2) is 0 Å². The Kier molecular flexibility index (Phi) is 6.84. The van der Waals surface area contributed by atoms with E-state index in [0.717, 1.165) is 34.1 Å². The van der Waals surface area contributed by atoms with Gasteiger partial charge in [0.1, 0.15) is 0 Å². The maximum Gasteiger partial charge on any atom is 0.0561 e. The zero-order valence-electron chi connectivity index (χ0n) is 26.4. The lowest BCUT2D eigenvalue weighted by molar-refractivity contribution is 1.27. The standard InChI is InChI=1S/C46H32N2/c1-6-16-33(17-7-1)39-28-26-34-27-29-41-43(47(35-18-8-2-9-19-35)36-20-10-3-11-21-36)32-44(42-31-30-40(39)45(34)46(41)42)48(37-22-12-4-13-23-37)38-24-14-5-15-25-38/h1-32H. The zero-order valence-corrected chi connectivity index (χ0v) is 26.4. The molecular weight excluding hydrogens is 581 g/mol. The number of rotatable bonds is 7. The molecule has 0 unspecified atom stereocenters. The summed E-state index contributed by atoms with van der Waals surface area (Å²) in [5, 5.41) is 7.48. The van der Waals surface area contributed by atoms with Gasteiger partial charge >= 0.3 is 0 Å². The smallest absolute Gasteiger partial charge is 0.0561 e. The summed E-state index contributed by atoms with van der Waals surface area (Å²) in [5.41, 5.74) is 9.18. The van der Waals surface area contributed by atoms with Crippen molar-refractivity contribution in [3.05, 3.63) is 194 Å². The number of hydrogen-bond acceptors (Lipinski definition) is 2. The molecule has 2 nitrogen and oxygen atoms in total. The van der Waals surface area contributed by atoms with Gasteiger partial charge in [-0.15, -0.1) is 0 Å². The number of para-hydroxylation sites is 4. The highest BCUT2D eigenvalue weighted by Gasteiger charge is 2.24. The average molecular weight is 613 g/mol. The Bertz CT molecular complexity index is 2300. The van der Waals surface area contributed by atoms with E-state index in [2.05, 4.69) is 204 Å². The van der Waals surface area contributed by atoms with E-state index in [0.29, 0.717) is 0 Å². The van der Waals surface area contributed by atoms with Crippen molar-refractivity contribution >= 4 is 66.4 Å². The molecule has 0 spiro atoms. The van der Waals surface area contributed by atoms with Crippen LogP contribution in [0.3, 0.4) is 0 Å². The lowest BCUT2D eigenvalue weighted by Gasteiger charge is -2.32. The SMILES string of the molecule is c1ccc(-c2ccc3ccc4c(N(c5ccccc5)c5ccccc5)cc(N(c5ccccc5)c5ccccc5)c5ccc2c3c45)cc1. The second kappa shape index (κ2) is 11.8. The highest BCUT2D eigenvalue weighted by atomic mass is 15.2. The Hall–Kier alpha value is -6.38. The molecule has 0 fully saturated rings. The van der Waals surface area contributed by atoms with E-state index in [-0.39, 0.29) is 0 Å². The largest absolute Gasteiger partial charge is 0.310 e. The average Bonchev–Trinajstić information content (AvgIpc) is 3.17. The van der Waals surface area contributed by atoms with Gasteiger partial charge in [0, 0.05) is 38.9 Å². The van der Waals surface area contributed by atoms with E-state index in [1.807, 2.05) is 0 Å². The third kappa shape index (κ3) is 4.66. The van der Waals surface area contributed by atoms with Gasteiger partial charge in [-0.1, -0.05) is 140 Å². The lowest BCUT2D eigenvalue weighted by Crippen LogP contribution is -2.14. The second-order valence-electron chi connectivity index (χ2n) is 12.2. The Morgan fingerprint density at radius 3 is 1.12 bits per heavy atom. The van der Waals surface area contributed by atoms with Crippen LogP contribution in [0.5, 0.6) is 0 Å². The summed E-state index contributed by atoms with van der Waals surface area (Å²) in [4.78, 5) is 4.81. The van der Waals surface area contributed by atoms with Gasteiger partial charge in [0.2, 0.25) is 0 Å². The summed E-state index contributed by atoms with van der Waals surface area (Å²) in [7, 11) is 0. The number of hydrogen-bond donors (Lipinski definition) is 0. The molecule has 9 rings (SSSR count). The van der Waals surface area contributed by atoms with E-state index in [4.69, 9.17) is 0 Å². The van der Waals surface area contributed by atoms with Crippen molar-refractivity contribution in [1.82, 2.24) is 0 Å². The molecular formula is C46H32N2. The van der Waals surface area contributed by atoms with E-state index in [9.17, 15) is 0 Å². The minimum absolute atomic E-state index is 1.11. The Morgan fingerprint density at radius 2 is 0.667 bits per heavy atom. The van der Waals surface area contributed by atoms with Crippen LogP contribution in [0.15, 0.2) is 194 Å². The molecule has 0 amide bonds. The molecule has 226 valence electrons. The van der Waals surface area contributed by atoms with Gasteiger partial charge in [-0.05, 0) is 81.9 Å². The first kappa shape index (κ1) is 27.9. The van der Waals surface area contributed by atoms with Crippen molar-refractivity contribution in [1.29, 1.82) is 0 Å². The summed E-state index contributed by atoms with van der Waals surface area (Å²) in [6.07, 6.45) is 0. The quantitative estimate of drug-likeness (QED) is 0.165. The van der Waals surface area contributed by atoms with E-state index in [1.165, 1.54) is 43.4 Å². The normalized spacial score (nSPS) is 11.3. The molecule has 0 radical (unpaired) electrons. The number of nitrogens with zero attached hydrogens (tertiary/aromatic N) is 2. The highest BCUT2D eigenvalue weighted by Crippen LogP contribution is 2.50. The Morgan fingerprint density at radius 1 is 0.292 bits per heavy atom. The first-order valence-corrected chi connectivity index (χ1v) is 16.5. The number of benzene rings is 9. The second-order valence-corrected chi connectivity index (χ2v) is 12.2. The van der Waals surface area contributed by atoms with Crippen LogP contribution in [0.1, 0.15) is 0 Å². The number of anilines is 6. The third-order valence-electron chi connectivity index (χ3n) is 9.36. The highest BCUT2D eigenvalue weighted by molar-refractivity contribution is 6.30. The minimum atomic E-state index is 1.11. The van der Waals surface area contributed by atoms with Crippen LogP contribution >= 0.6 is 0 Å². The summed E-state index contributed by atoms with van der Waals surface area (Å²) in [5.74, 6) is 0. The van der Waals surface area contributed by atoms with Gasteiger partial charge in [0.25, 0.3) is 0 Å². The van der Waals surface area contributed by atoms with E-state index in [1.54, 1.807) is 0 Å². The maximum absolute atomic E-state index is 2.40. The fourth-order valence-electron chi connectivity index (χ4n) is 7.26. The van der Waals surface area contributed by atoms with Crippen LogP contribution in [0.25, 0.3) is 43.4 Å². The molecule has 9 aromatic rings. The molecule has 0 heterocycles. The van der Waals surface area contributed by atoms with Crippen LogP contribution in [0, 0.1) is 0 Å².